The fourth-order valence-electron chi connectivity index (χ4n) is 1.21. The van der Waals surface area contributed by atoms with E-state index >= 15 is 0 Å². The molecule has 0 atom stereocenters. The molecule has 5 N–H and O–H groups in total. The highest BCUT2D eigenvalue weighted by Gasteiger charge is 2.21. The van der Waals surface area contributed by atoms with Gasteiger partial charge in [-0.25, -0.2) is 0 Å². The second kappa shape index (κ2) is 5.09. The van der Waals surface area contributed by atoms with Gasteiger partial charge in [-0.1, -0.05) is 12.1 Å². The standard InChI is InChI=1S/C12H19N3O/c1-12(2,14)11(16)15-10-5-3-9(4-6-10)7-8-13/h3-6H,7-8,13-14H2,1-2H3,(H,15,16). The highest BCUT2D eigenvalue weighted by Crippen LogP contribution is 2.11. The Morgan fingerprint density at radius 3 is 2.31 bits per heavy atom. The van der Waals surface area contributed by atoms with E-state index in [2.05, 4.69) is 5.32 Å². The highest BCUT2D eigenvalue weighted by molar-refractivity contribution is 5.97. The number of carbonyl (C=O) groups is 1. The van der Waals surface area contributed by atoms with Gasteiger partial charge >= 0.3 is 0 Å². The average Bonchev–Trinajstić information content (AvgIpc) is 2.20. The molecule has 0 heterocycles. The molecule has 0 saturated heterocycles. The van der Waals surface area contributed by atoms with Gasteiger partial charge in [0, 0.05) is 5.69 Å². The number of nitrogens with one attached hydrogen (secondary N) is 1. The van der Waals surface area contributed by atoms with Crippen LogP contribution in [-0.4, -0.2) is 18.0 Å². The van der Waals surface area contributed by atoms with Crippen LogP contribution in [0.25, 0.3) is 0 Å². The zero-order valence-electron chi connectivity index (χ0n) is 9.79. The van der Waals surface area contributed by atoms with Crippen LogP contribution in [0.3, 0.4) is 0 Å². The van der Waals surface area contributed by atoms with Crippen molar-refractivity contribution in [3.63, 3.8) is 0 Å². The molecule has 0 radical (unpaired) electrons. The number of benzene rings is 1. The van der Waals surface area contributed by atoms with Gasteiger partial charge in [0.2, 0.25) is 5.91 Å². The van der Waals surface area contributed by atoms with Crippen LogP contribution < -0.4 is 16.8 Å². The molecule has 0 aliphatic rings. The summed E-state index contributed by atoms with van der Waals surface area (Å²) in [5.74, 6) is -0.195. The van der Waals surface area contributed by atoms with Crippen molar-refractivity contribution in [2.24, 2.45) is 11.5 Å². The average molecular weight is 221 g/mol. The first kappa shape index (κ1) is 12.7. The van der Waals surface area contributed by atoms with Crippen LogP contribution in [0.4, 0.5) is 5.69 Å². The van der Waals surface area contributed by atoms with Gasteiger partial charge in [-0.2, -0.15) is 0 Å². The summed E-state index contributed by atoms with van der Waals surface area (Å²) in [6.45, 7) is 3.97. The van der Waals surface area contributed by atoms with Gasteiger partial charge in [-0.05, 0) is 44.5 Å². The third kappa shape index (κ3) is 3.64. The van der Waals surface area contributed by atoms with E-state index in [0.717, 1.165) is 17.7 Å². The third-order valence-electron chi connectivity index (χ3n) is 2.23. The smallest absolute Gasteiger partial charge is 0.243 e. The Morgan fingerprint density at radius 2 is 1.88 bits per heavy atom. The zero-order valence-corrected chi connectivity index (χ0v) is 9.79. The molecule has 1 rings (SSSR count). The summed E-state index contributed by atoms with van der Waals surface area (Å²) in [5.41, 5.74) is 12.2. The molecule has 4 nitrogen and oxygen atoms in total. The minimum absolute atomic E-state index is 0.195. The van der Waals surface area contributed by atoms with E-state index in [9.17, 15) is 4.79 Å². The molecule has 0 unspecified atom stereocenters. The van der Waals surface area contributed by atoms with E-state index in [1.165, 1.54) is 0 Å². The van der Waals surface area contributed by atoms with Gasteiger partial charge in [-0.3, -0.25) is 4.79 Å². The van der Waals surface area contributed by atoms with E-state index in [1.807, 2.05) is 24.3 Å². The maximum atomic E-state index is 11.6. The molecule has 0 bridgehead atoms. The molecular formula is C12H19N3O. The van der Waals surface area contributed by atoms with E-state index in [1.54, 1.807) is 13.8 Å². The Labute approximate surface area is 96.0 Å². The van der Waals surface area contributed by atoms with Crippen LogP contribution in [0.5, 0.6) is 0 Å². The van der Waals surface area contributed by atoms with Gasteiger partial charge in [0.25, 0.3) is 0 Å². The largest absolute Gasteiger partial charge is 0.330 e. The summed E-state index contributed by atoms with van der Waals surface area (Å²) < 4.78 is 0. The fourth-order valence-corrected chi connectivity index (χ4v) is 1.21. The summed E-state index contributed by atoms with van der Waals surface area (Å²) in [7, 11) is 0. The number of rotatable bonds is 4. The van der Waals surface area contributed by atoms with Crippen LogP contribution in [-0.2, 0) is 11.2 Å². The van der Waals surface area contributed by atoms with Crippen LogP contribution in [0.1, 0.15) is 19.4 Å². The molecule has 0 aromatic heterocycles. The summed E-state index contributed by atoms with van der Waals surface area (Å²) in [5, 5.41) is 2.76. The Bertz CT molecular complexity index is 352. The van der Waals surface area contributed by atoms with E-state index in [-0.39, 0.29) is 5.91 Å². The summed E-state index contributed by atoms with van der Waals surface area (Å²) >= 11 is 0. The van der Waals surface area contributed by atoms with E-state index in [4.69, 9.17) is 11.5 Å². The first-order chi connectivity index (χ1) is 7.43. The zero-order chi connectivity index (χ0) is 12.2. The lowest BCUT2D eigenvalue weighted by Crippen LogP contribution is -2.45. The van der Waals surface area contributed by atoms with Crippen molar-refractivity contribution in [1.29, 1.82) is 0 Å². The maximum Gasteiger partial charge on any atom is 0.243 e. The van der Waals surface area contributed by atoms with E-state index in [0.29, 0.717) is 6.54 Å². The molecule has 0 spiro atoms. The van der Waals surface area contributed by atoms with Crippen LogP contribution in [0.15, 0.2) is 24.3 Å². The molecule has 1 aromatic rings. The first-order valence-corrected chi connectivity index (χ1v) is 5.33. The number of hydrogen-bond acceptors (Lipinski definition) is 3. The minimum atomic E-state index is -0.865. The van der Waals surface area contributed by atoms with Crippen LogP contribution in [0, 0.1) is 0 Å². The van der Waals surface area contributed by atoms with Crippen molar-refractivity contribution >= 4 is 11.6 Å². The van der Waals surface area contributed by atoms with Gasteiger partial charge < -0.3 is 16.8 Å². The van der Waals surface area contributed by atoms with Crippen LogP contribution in [0.2, 0.25) is 0 Å². The van der Waals surface area contributed by atoms with Crippen LogP contribution >= 0.6 is 0 Å². The first-order valence-electron chi connectivity index (χ1n) is 5.33. The Morgan fingerprint density at radius 1 is 1.31 bits per heavy atom. The Balaban J connectivity index is 2.65. The number of anilines is 1. The second-order valence-electron chi connectivity index (χ2n) is 4.41. The summed E-state index contributed by atoms with van der Waals surface area (Å²) in [6.07, 6.45) is 0.844. The Hall–Kier alpha value is -1.39. The molecule has 0 aliphatic heterocycles. The van der Waals surface area contributed by atoms with Crippen molar-refractivity contribution in [1.82, 2.24) is 0 Å². The second-order valence-corrected chi connectivity index (χ2v) is 4.41. The lowest BCUT2D eigenvalue weighted by Gasteiger charge is -2.17. The minimum Gasteiger partial charge on any atom is -0.330 e. The van der Waals surface area contributed by atoms with Crippen molar-refractivity contribution < 1.29 is 4.79 Å². The molecule has 0 saturated carbocycles. The predicted octanol–water partition coefficient (Wildman–Crippen LogP) is 0.864. The van der Waals surface area contributed by atoms with Gasteiger partial charge in [0.1, 0.15) is 0 Å². The molecule has 4 heteroatoms. The fraction of sp³-hybridized carbons (Fsp3) is 0.417. The number of carbonyl (C=O) groups excluding carboxylic acids is 1. The Kier molecular flexibility index (Phi) is 4.04. The van der Waals surface area contributed by atoms with Gasteiger partial charge in [0.05, 0.1) is 5.54 Å². The van der Waals surface area contributed by atoms with E-state index < -0.39 is 5.54 Å². The normalized spacial score (nSPS) is 11.2. The maximum absolute atomic E-state index is 11.6. The van der Waals surface area contributed by atoms with Crippen molar-refractivity contribution in [2.75, 3.05) is 11.9 Å². The SMILES string of the molecule is CC(C)(N)C(=O)Nc1ccc(CCN)cc1. The predicted molar refractivity (Wildman–Crippen MR) is 66.1 cm³/mol. The quantitative estimate of drug-likeness (QED) is 0.705. The number of nitrogens with two attached hydrogens (primary N) is 2. The molecule has 0 aliphatic carbocycles. The number of hydrogen-bond donors (Lipinski definition) is 3. The molecule has 1 amide bonds. The molecule has 16 heavy (non-hydrogen) atoms. The molecule has 1 aromatic carbocycles. The lowest BCUT2D eigenvalue weighted by molar-refractivity contribution is -0.120. The molecule has 88 valence electrons. The molecule has 0 fully saturated rings. The van der Waals surface area contributed by atoms with Crippen molar-refractivity contribution in [3.8, 4) is 0 Å². The third-order valence-corrected chi connectivity index (χ3v) is 2.23. The summed E-state index contributed by atoms with van der Waals surface area (Å²) in [4.78, 5) is 11.6. The lowest BCUT2D eigenvalue weighted by atomic mass is 10.1. The van der Waals surface area contributed by atoms with Gasteiger partial charge in [0.15, 0.2) is 0 Å². The highest BCUT2D eigenvalue weighted by atomic mass is 16.2. The van der Waals surface area contributed by atoms with Crippen molar-refractivity contribution in [3.05, 3.63) is 29.8 Å². The monoisotopic (exact) mass is 221 g/mol. The van der Waals surface area contributed by atoms with Crippen molar-refractivity contribution in [2.45, 2.75) is 25.8 Å². The topological polar surface area (TPSA) is 81.1 Å². The molecular weight excluding hydrogens is 202 g/mol. The number of amides is 1. The van der Waals surface area contributed by atoms with Gasteiger partial charge in [-0.15, -0.1) is 0 Å². The summed E-state index contributed by atoms with van der Waals surface area (Å²) in [6, 6.07) is 7.61.